The Hall–Kier alpha value is -1.69. The van der Waals surface area contributed by atoms with Gasteiger partial charge in [0.05, 0.1) is 10.8 Å². The molecule has 0 spiro atoms. The molecule has 2 atom stereocenters. The molecule has 0 amide bonds. The van der Waals surface area contributed by atoms with Crippen LogP contribution in [-0.4, -0.2) is 26.3 Å². The van der Waals surface area contributed by atoms with Crippen molar-refractivity contribution in [3.63, 3.8) is 0 Å². The van der Waals surface area contributed by atoms with Crippen LogP contribution in [0.15, 0.2) is 17.5 Å². The third kappa shape index (κ3) is 1.51. The lowest BCUT2D eigenvalue weighted by atomic mass is 10.3. The zero-order chi connectivity index (χ0) is 11.1. The largest absolute Gasteiger partial charge is 0.481 e. The SMILES string of the molecule is O=C(O)C1CC1c1nc(-c2cccs2)n[nH]1. The number of aliphatic carboxylic acids is 1. The van der Waals surface area contributed by atoms with Gasteiger partial charge in [-0.15, -0.1) is 11.3 Å². The first kappa shape index (κ1) is 9.53. The number of carboxylic acids is 1. The number of carboxylic acid groups (broad SMARTS) is 1. The van der Waals surface area contributed by atoms with Gasteiger partial charge in [0.25, 0.3) is 0 Å². The maximum absolute atomic E-state index is 10.7. The number of rotatable bonds is 3. The molecular weight excluding hydrogens is 226 g/mol. The molecule has 1 saturated carbocycles. The molecule has 2 unspecified atom stereocenters. The number of carbonyl (C=O) groups is 1. The van der Waals surface area contributed by atoms with Gasteiger partial charge in [0, 0.05) is 5.92 Å². The molecule has 0 aliphatic heterocycles. The first-order chi connectivity index (χ1) is 7.75. The number of aromatic amines is 1. The normalized spacial score (nSPS) is 23.2. The van der Waals surface area contributed by atoms with Crippen molar-refractivity contribution in [2.24, 2.45) is 5.92 Å². The Kier molecular flexibility index (Phi) is 2.03. The summed E-state index contributed by atoms with van der Waals surface area (Å²) in [4.78, 5) is 16.0. The molecule has 1 aliphatic rings. The van der Waals surface area contributed by atoms with Crippen LogP contribution in [0, 0.1) is 5.92 Å². The van der Waals surface area contributed by atoms with E-state index in [1.165, 1.54) is 0 Å². The number of nitrogens with one attached hydrogen (secondary N) is 1. The highest BCUT2D eigenvalue weighted by molar-refractivity contribution is 7.13. The van der Waals surface area contributed by atoms with Crippen molar-refractivity contribution in [1.29, 1.82) is 0 Å². The Balaban J connectivity index is 1.82. The molecule has 5 nitrogen and oxygen atoms in total. The van der Waals surface area contributed by atoms with Crippen LogP contribution in [0.25, 0.3) is 10.7 Å². The van der Waals surface area contributed by atoms with E-state index in [4.69, 9.17) is 5.11 Å². The smallest absolute Gasteiger partial charge is 0.307 e. The van der Waals surface area contributed by atoms with E-state index in [2.05, 4.69) is 15.2 Å². The summed E-state index contributed by atoms with van der Waals surface area (Å²) in [6.07, 6.45) is 0.661. The summed E-state index contributed by atoms with van der Waals surface area (Å²) in [7, 11) is 0. The second-order valence-electron chi connectivity index (χ2n) is 3.81. The summed E-state index contributed by atoms with van der Waals surface area (Å²) >= 11 is 1.57. The van der Waals surface area contributed by atoms with Crippen molar-refractivity contribution >= 4 is 17.3 Å². The van der Waals surface area contributed by atoms with E-state index in [-0.39, 0.29) is 11.8 Å². The van der Waals surface area contributed by atoms with E-state index < -0.39 is 5.97 Å². The predicted octanol–water partition coefficient (Wildman–Crippen LogP) is 1.72. The van der Waals surface area contributed by atoms with E-state index in [1.54, 1.807) is 11.3 Å². The number of hydrogen-bond acceptors (Lipinski definition) is 4. The summed E-state index contributed by atoms with van der Waals surface area (Å²) < 4.78 is 0. The summed E-state index contributed by atoms with van der Waals surface area (Å²) in [6, 6.07) is 3.88. The molecule has 2 N–H and O–H groups in total. The molecule has 3 rings (SSSR count). The van der Waals surface area contributed by atoms with Crippen molar-refractivity contribution in [2.45, 2.75) is 12.3 Å². The number of H-pyrrole nitrogens is 1. The predicted molar refractivity (Wildman–Crippen MR) is 58.2 cm³/mol. The summed E-state index contributed by atoms with van der Waals surface area (Å²) in [5, 5.41) is 17.7. The van der Waals surface area contributed by atoms with Crippen molar-refractivity contribution in [1.82, 2.24) is 15.2 Å². The zero-order valence-corrected chi connectivity index (χ0v) is 9.07. The van der Waals surface area contributed by atoms with Crippen LogP contribution in [0.3, 0.4) is 0 Å². The molecular formula is C10H9N3O2S. The zero-order valence-electron chi connectivity index (χ0n) is 8.25. The third-order valence-electron chi connectivity index (χ3n) is 2.70. The number of hydrogen-bond donors (Lipinski definition) is 2. The summed E-state index contributed by atoms with van der Waals surface area (Å²) in [5.41, 5.74) is 0. The standard InChI is InChI=1S/C10H9N3O2S/c14-10(15)6-4-5(6)8-11-9(13-12-8)7-2-1-3-16-7/h1-3,5-6H,4H2,(H,14,15)(H,11,12,13). The van der Waals surface area contributed by atoms with Gasteiger partial charge in [-0.1, -0.05) is 6.07 Å². The number of aromatic nitrogens is 3. The van der Waals surface area contributed by atoms with Crippen LogP contribution in [0.4, 0.5) is 0 Å². The Bertz CT molecular complexity index is 520. The molecule has 0 saturated heterocycles. The minimum absolute atomic E-state index is 0.0127. The van der Waals surface area contributed by atoms with Gasteiger partial charge in [0.1, 0.15) is 5.82 Å². The van der Waals surface area contributed by atoms with Gasteiger partial charge in [-0.3, -0.25) is 9.89 Å². The average molecular weight is 235 g/mol. The van der Waals surface area contributed by atoms with Crippen molar-refractivity contribution in [2.75, 3.05) is 0 Å². The quantitative estimate of drug-likeness (QED) is 0.849. The maximum atomic E-state index is 10.7. The van der Waals surface area contributed by atoms with E-state index >= 15 is 0 Å². The molecule has 1 fully saturated rings. The fourth-order valence-corrected chi connectivity index (χ4v) is 2.38. The van der Waals surface area contributed by atoms with E-state index in [0.717, 1.165) is 4.88 Å². The van der Waals surface area contributed by atoms with Crippen molar-refractivity contribution < 1.29 is 9.90 Å². The van der Waals surface area contributed by atoms with Gasteiger partial charge < -0.3 is 5.11 Å². The highest BCUT2D eigenvalue weighted by atomic mass is 32.1. The van der Waals surface area contributed by atoms with Gasteiger partial charge in [-0.05, 0) is 17.9 Å². The molecule has 16 heavy (non-hydrogen) atoms. The first-order valence-corrected chi connectivity index (χ1v) is 5.82. The van der Waals surface area contributed by atoms with E-state index in [1.807, 2.05) is 17.5 Å². The first-order valence-electron chi connectivity index (χ1n) is 4.94. The molecule has 0 aromatic carbocycles. The minimum atomic E-state index is -0.751. The van der Waals surface area contributed by atoms with Gasteiger partial charge in [-0.2, -0.15) is 5.10 Å². The van der Waals surface area contributed by atoms with Crippen molar-refractivity contribution in [3.8, 4) is 10.7 Å². The summed E-state index contributed by atoms with van der Waals surface area (Å²) in [5.74, 6) is 0.318. The van der Waals surface area contributed by atoms with Gasteiger partial charge in [0.2, 0.25) is 0 Å². The molecule has 2 aromatic heterocycles. The minimum Gasteiger partial charge on any atom is -0.481 e. The fourth-order valence-electron chi connectivity index (χ4n) is 1.73. The Morgan fingerprint density at radius 3 is 3.12 bits per heavy atom. The highest BCUT2D eigenvalue weighted by Crippen LogP contribution is 2.46. The van der Waals surface area contributed by atoms with Crippen LogP contribution in [0.1, 0.15) is 18.2 Å². The summed E-state index contributed by atoms with van der Waals surface area (Å²) in [6.45, 7) is 0. The second-order valence-corrected chi connectivity index (χ2v) is 4.76. The lowest BCUT2D eigenvalue weighted by Crippen LogP contribution is -1.99. The van der Waals surface area contributed by atoms with Gasteiger partial charge in [0.15, 0.2) is 5.82 Å². The Morgan fingerprint density at radius 2 is 2.50 bits per heavy atom. The molecule has 82 valence electrons. The highest BCUT2D eigenvalue weighted by Gasteiger charge is 2.46. The number of thiophene rings is 1. The molecule has 0 radical (unpaired) electrons. The van der Waals surface area contributed by atoms with Crippen LogP contribution < -0.4 is 0 Å². The Labute approximate surface area is 95.2 Å². The van der Waals surface area contributed by atoms with Gasteiger partial charge >= 0.3 is 5.97 Å². The molecule has 6 heteroatoms. The van der Waals surface area contributed by atoms with E-state index in [0.29, 0.717) is 18.1 Å². The lowest BCUT2D eigenvalue weighted by molar-refractivity contribution is -0.138. The van der Waals surface area contributed by atoms with Crippen LogP contribution in [-0.2, 0) is 4.79 Å². The second kappa shape index (κ2) is 3.41. The molecule has 0 bridgehead atoms. The molecule has 2 heterocycles. The average Bonchev–Trinajstić information content (AvgIpc) is 2.72. The molecule has 1 aliphatic carbocycles. The van der Waals surface area contributed by atoms with Crippen LogP contribution in [0.5, 0.6) is 0 Å². The third-order valence-corrected chi connectivity index (χ3v) is 3.57. The maximum Gasteiger partial charge on any atom is 0.307 e. The fraction of sp³-hybridized carbons (Fsp3) is 0.300. The van der Waals surface area contributed by atoms with Crippen LogP contribution >= 0.6 is 11.3 Å². The van der Waals surface area contributed by atoms with E-state index in [9.17, 15) is 4.79 Å². The Morgan fingerprint density at radius 1 is 1.62 bits per heavy atom. The lowest BCUT2D eigenvalue weighted by Gasteiger charge is -1.88. The number of nitrogens with zero attached hydrogens (tertiary/aromatic N) is 2. The molecule has 2 aromatic rings. The van der Waals surface area contributed by atoms with Crippen molar-refractivity contribution in [3.05, 3.63) is 23.3 Å². The van der Waals surface area contributed by atoms with Gasteiger partial charge in [-0.25, -0.2) is 4.98 Å². The monoisotopic (exact) mass is 235 g/mol. The van der Waals surface area contributed by atoms with Crippen LogP contribution in [0.2, 0.25) is 0 Å². The topological polar surface area (TPSA) is 78.9 Å².